The van der Waals surface area contributed by atoms with E-state index in [-0.39, 0.29) is 16.9 Å². The minimum absolute atomic E-state index is 0.0932. The first-order valence-electron chi connectivity index (χ1n) is 9.38. The lowest BCUT2D eigenvalue weighted by atomic mass is 10.1. The highest BCUT2D eigenvalue weighted by atomic mass is 32.1. The fourth-order valence-electron chi connectivity index (χ4n) is 3.05. The SMILES string of the molecule is CCN(CC)c1ccc(-c2csc(Nc3cc(C(F)(F)F)cc(C(F)(F)F)c3)n2)cc1. The normalized spacial score (nSPS) is 12.1. The molecule has 1 aromatic heterocycles. The summed E-state index contributed by atoms with van der Waals surface area (Å²) >= 11 is 1.09. The smallest absolute Gasteiger partial charge is 0.372 e. The molecule has 3 rings (SSSR count). The molecule has 3 aromatic rings. The highest BCUT2D eigenvalue weighted by Gasteiger charge is 2.37. The van der Waals surface area contributed by atoms with E-state index in [0.717, 1.165) is 35.7 Å². The van der Waals surface area contributed by atoms with Crippen LogP contribution in [0.3, 0.4) is 0 Å². The fraction of sp³-hybridized carbons (Fsp3) is 0.286. The Hall–Kier alpha value is -2.75. The van der Waals surface area contributed by atoms with Crippen LogP contribution in [0.25, 0.3) is 11.3 Å². The highest BCUT2D eigenvalue weighted by molar-refractivity contribution is 7.14. The van der Waals surface area contributed by atoms with Crippen molar-refractivity contribution in [3.8, 4) is 11.3 Å². The van der Waals surface area contributed by atoms with E-state index in [1.54, 1.807) is 5.38 Å². The molecule has 0 amide bonds. The highest BCUT2D eigenvalue weighted by Crippen LogP contribution is 2.38. The van der Waals surface area contributed by atoms with Crippen molar-refractivity contribution in [2.45, 2.75) is 26.2 Å². The average molecular weight is 459 g/mol. The summed E-state index contributed by atoms with van der Waals surface area (Å²) in [5, 5.41) is 4.44. The van der Waals surface area contributed by atoms with E-state index in [1.807, 2.05) is 38.1 Å². The molecule has 0 atom stereocenters. The zero-order valence-corrected chi connectivity index (χ0v) is 17.4. The number of nitrogens with zero attached hydrogens (tertiary/aromatic N) is 2. The van der Waals surface area contributed by atoms with Crippen molar-refractivity contribution in [1.29, 1.82) is 0 Å². The van der Waals surface area contributed by atoms with E-state index in [2.05, 4.69) is 15.2 Å². The van der Waals surface area contributed by atoms with Crippen molar-refractivity contribution in [3.05, 3.63) is 59.0 Å². The Morgan fingerprint density at radius 3 is 1.90 bits per heavy atom. The molecule has 2 aromatic carbocycles. The van der Waals surface area contributed by atoms with Crippen LogP contribution in [0.5, 0.6) is 0 Å². The van der Waals surface area contributed by atoms with Crippen LogP contribution in [0.15, 0.2) is 47.8 Å². The van der Waals surface area contributed by atoms with Gasteiger partial charge in [0.25, 0.3) is 0 Å². The Kier molecular flexibility index (Phi) is 6.49. The molecule has 166 valence electrons. The molecule has 1 N–H and O–H groups in total. The number of aromatic nitrogens is 1. The Bertz CT molecular complexity index is 989. The summed E-state index contributed by atoms with van der Waals surface area (Å²) in [4.78, 5) is 6.48. The third kappa shape index (κ3) is 5.49. The minimum atomic E-state index is -4.90. The number of hydrogen-bond acceptors (Lipinski definition) is 4. The summed E-state index contributed by atoms with van der Waals surface area (Å²) in [6, 6.07) is 8.99. The second-order valence-electron chi connectivity index (χ2n) is 6.68. The topological polar surface area (TPSA) is 28.2 Å². The minimum Gasteiger partial charge on any atom is -0.372 e. The Morgan fingerprint density at radius 2 is 1.42 bits per heavy atom. The first-order chi connectivity index (χ1) is 14.5. The summed E-state index contributed by atoms with van der Waals surface area (Å²) < 4.78 is 78.2. The summed E-state index contributed by atoms with van der Waals surface area (Å²) in [6.07, 6.45) is -9.81. The number of rotatable bonds is 6. The number of benzene rings is 2. The Balaban J connectivity index is 1.85. The van der Waals surface area contributed by atoms with Crippen LogP contribution < -0.4 is 10.2 Å². The van der Waals surface area contributed by atoms with Crippen LogP contribution in [-0.2, 0) is 12.4 Å². The van der Waals surface area contributed by atoms with Gasteiger partial charge in [-0.1, -0.05) is 12.1 Å². The van der Waals surface area contributed by atoms with Crippen LogP contribution in [0.1, 0.15) is 25.0 Å². The molecule has 0 aliphatic heterocycles. The van der Waals surface area contributed by atoms with Gasteiger partial charge in [0, 0.05) is 35.4 Å². The molecule has 0 spiro atoms. The van der Waals surface area contributed by atoms with E-state index in [9.17, 15) is 26.3 Å². The van der Waals surface area contributed by atoms with Crippen LogP contribution in [-0.4, -0.2) is 18.1 Å². The second-order valence-corrected chi connectivity index (χ2v) is 7.53. The maximum atomic E-state index is 13.0. The number of anilines is 3. The third-order valence-electron chi connectivity index (χ3n) is 4.63. The molecule has 0 fully saturated rings. The van der Waals surface area contributed by atoms with Gasteiger partial charge in [0.15, 0.2) is 5.13 Å². The third-order valence-corrected chi connectivity index (χ3v) is 5.39. The maximum Gasteiger partial charge on any atom is 0.416 e. The molecule has 31 heavy (non-hydrogen) atoms. The van der Waals surface area contributed by atoms with Gasteiger partial charge < -0.3 is 10.2 Å². The maximum absolute atomic E-state index is 13.0. The zero-order chi connectivity index (χ0) is 22.8. The molecule has 1 heterocycles. The summed E-state index contributed by atoms with van der Waals surface area (Å²) in [5.41, 5.74) is -0.685. The van der Waals surface area contributed by atoms with Crippen LogP contribution in [0, 0.1) is 0 Å². The van der Waals surface area contributed by atoms with Crippen molar-refractivity contribution in [3.63, 3.8) is 0 Å². The molecule has 0 radical (unpaired) electrons. The molecular formula is C21H19F6N3S. The van der Waals surface area contributed by atoms with Gasteiger partial charge in [-0.15, -0.1) is 11.3 Å². The van der Waals surface area contributed by atoms with Crippen molar-refractivity contribution in [2.24, 2.45) is 0 Å². The largest absolute Gasteiger partial charge is 0.416 e. The summed E-state index contributed by atoms with van der Waals surface area (Å²) in [5.74, 6) is 0. The van der Waals surface area contributed by atoms with E-state index in [1.165, 1.54) is 0 Å². The first-order valence-corrected chi connectivity index (χ1v) is 10.3. The standard InChI is InChI=1S/C21H19F6N3S/c1-3-30(4-2)17-7-5-13(6-8-17)18-12-31-19(29-18)28-16-10-14(20(22,23)24)9-15(11-16)21(25,26)27/h5-12H,3-4H2,1-2H3,(H,28,29). The van der Waals surface area contributed by atoms with Crippen LogP contribution >= 0.6 is 11.3 Å². The van der Waals surface area contributed by atoms with E-state index in [0.29, 0.717) is 17.8 Å². The van der Waals surface area contributed by atoms with Crippen LogP contribution in [0.4, 0.5) is 42.8 Å². The van der Waals surface area contributed by atoms with Gasteiger partial charge in [-0.25, -0.2) is 4.98 Å². The Labute approximate surface area is 179 Å². The molecule has 0 unspecified atom stereocenters. The van der Waals surface area contributed by atoms with Crippen molar-refractivity contribution in [2.75, 3.05) is 23.3 Å². The molecular weight excluding hydrogens is 440 g/mol. The lowest BCUT2D eigenvalue weighted by molar-refractivity contribution is -0.143. The van der Waals surface area contributed by atoms with E-state index in [4.69, 9.17) is 0 Å². The number of nitrogens with one attached hydrogen (secondary N) is 1. The van der Waals surface area contributed by atoms with Crippen molar-refractivity contribution < 1.29 is 26.3 Å². The zero-order valence-electron chi connectivity index (χ0n) is 16.6. The lowest BCUT2D eigenvalue weighted by Gasteiger charge is -2.20. The molecule has 0 saturated carbocycles. The molecule has 0 aliphatic carbocycles. The van der Waals surface area contributed by atoms with Gasteiger partial charge in [0.05, 0.1) is 16.8 Å². The molecule has 3 nitrogen and oxygen atoms in total. The van der Waals surface area contributed by atoms with Crippen LogP contribution in [0.2, 0.25) is 0 Å². The molecule has 0 saturated heterocycles. The average Bonchev–Trinajstić information content (AvgIpc) is 3.16. The molecule has 0 bridgehead atoms. The van der Waals surface area contributed by atoms with Gasteiger partial charge in [-0.3, -0.25) is 0 Å². The number of alkyl halides is 6. The Morgan fingerprint density at radius 1 is 0.871 bits per heavy atom. The predicted octanol–water partition coefficient (Wildman–Crippen LogP) is 7.44. The quantitative estimate of drug-likeness (QED) is 0.389. The van der Waals surface area contributed by atoms with Gasteiger partial charge in [-0.2, -0.15) is 26.3 Å². The number of halogens is 6. The van der Waals surface area contributed by atoms with Gasteiger partial charge in [0.2, 0.25) is 0 Å². The van der Waals surface area contributed by atoms with Crippen molar-refractivity contribution in [1.82, 2.24) is 4.98 Å². The van der Waals surface area contributed by atoms with E-state index < -0.39 is 23.5 Å². The van der Waals surface area contributed by atoms with Crippen molar-refractivity contribution >= 4 is 27.8 Å². The second kappa shape index (κ2) is 8.78. The molecule has 10 heteroatoms. The first kappa shape index (κ1) is 22.9. The fourth-order valence-corrected chi connectivity index (χ4v) is 3.79. The predicted molar refractivity (Wildman–Crippen MR) is 111 cm³/mol. The monoisotopic (exact) mass is 459 g/mol. The summed E-state index contributed by atoms with van der Waals surface area (Å²) in [7, 11) is 0. The van der Waals surface area contributed by atoms with Gasteiger partial charge >= 0.3 is 12.4 Å². The van der Waals surface area contributed by atoms with E-state index >= 15 is 0 Å². The number of thiazole rings is 1. The molecule has 0 aliphatic rings. The number of hydrogen-bond donors (Lipinski definition) is 1. The van der Waals surface area contributed by atoms with Gasteiger partial charge in [-0.05, 0) is 44.2 Å². The summed E-state index contributed by atoms with van der Waals surface area (Å²) in [6.45, 7) is 5.82. The van der Waals surface area contributed by atoms with Gasteiger partial charge in [0.1, 0.15) is 0 Å². The lowest BCUT2D eigenvalue weighted by Crippen LogP contribution is -2.21.